The molecule has 114 valence electrons. The lowest BCUT2D eigenvalue weighted by molar-refractivity contribution is -0.385. The molecule has 2 N–H and O–H groups in total. The number of nitrogens with zero attached hydrogens (tertiary/aromatic N) is 1. The summed E-state index contributed by atoms with van der Waals surface area (Å²) >= 11 is 1.33. The van der Waals surface area contributed by atoms with Crippen LogP contribution in [-0.2, 0) is 9.53 Å². The molecule has 21 heavy (non-hydrogen) atoms. The summed E-state index contributed by atoms with van der Waals surface area (Å²) < 4.78 is 4.67. The molecule has 0 heterocycles. The van der Waals surface area contributed by atoms with Crippen molar-refractivity contribution in [1.29, 1.82) is 0 Å². The van der Waals surface area contributed by atoms with E-state index >= 15 is 0 Å². The van der Waals surface area contributed by atoms with Gasteiger partial charge in [-0.2, -0.15) is 0 Å². The Bertz CT molecular complexity index is 563. The van der Waals surface area contributed by atoms with E-state index in [9.17, 15) is 19.7 Å². The number of benzene rings is 1. The smallest absolute Gasteiger partial charge is 0.334 e. The highest BCUT2D eigenvalue weighted by molar-refractivity contribution is 7.98. The summed E-state index contributed by atoms with van der Waals surface area (Å²) in [6, 6.07) is 4.17. The molecule has 0 bridgehead atoms. The first-order chi connectivity index (χ1) is 9.90. The van der Waals surface area contributed by atoms with Gasteiger partial charge in [-0.1, -0.05) is 0 Å². The van der Waals surface area contributed by atoms with Gasteiger partial charge in [0.1, 0.15) is 5.56 Å². The third-order valence-electron chi connectivity index (χ3n) is 2.65. The molecule has 0 fully saturated rings. The summed E-state index contributed by atoms with van der Waals surface area (Å²) in [5, 5.41) is 22.0. The molecule has 0 aliphatic heterocycles. The van der Waals surface area contributed by atoms with Gasteiger partial charge in [-0.05, 0) is 18.4 Å². The summed E-state index contributed by atoms with van der Waals surface area (Å²) in [6.07, 6.45) is 0.561. The molecular formula is C12H14N2O6S. The number of rotatable bonds is 7. The lowest BCUT2D eigenvalue weighted by Crippen LogP contribution is -2.38. The van der Waals surface area contributed by atoms with E-state index in [1.807, 2.05) is 0 Å². The van der Waals surface area contributed by atoms with E-state index in [1.165, 1.54) is 37.1 Å². The van der Waals surface area contributed by atoms with Crippen LogP contribution >= 0.6 is 11.8 Å². The zero-order valence-corrected chi connectivity index (χ0v) is 12.2. The van der Waals surface area contributed by atoms with Gasteiger partial charge in [0.25, 0.3) is 11.6 Å². The molecular weight excluding hydrogens is 300 g/mol. The number of carboxylic acids is 1. The second-order valence-corrected chi connectivity index (χ2v) is 4.79. The Morgan fingerprint density at radius 3 is 2.67 bits per heavy atom. The highest BCUT2D eigenvalue weighted by Gasteiger charge is 2.23. The number of nitro groups is 1. The Morgan fingerprint density at radius 1 is 1.52 bits per heavy atom. The summed E-state index contributed by atoms with van der Waals surface area (Å²) in [6.45, 7) is -0.286. The van der Waals surface area contributed by atoms with Gasteiger partial charge in [0.05, 0.1) is 11.5 Å². The SMILES string of the molecule is COC(CNC(=O)c1cc(SC)ccc1[N+](=O)[O-])C(=O)O. The van der Waals surface area contributed by atoms with Crippen LogP contribution in [0.15, 0.2) is 23.1 Å². The molecule has 9 heteroatoms. The first-order valence-electron chi connectivity index (χ1n) is 5.77. The van der Waals surface area contributed by atoms with Crippen LogP contribution in [-0.4, -0.2) is 47.9 Å². The molecule has 1 atom stereocenters. The minimum atomic E-state index is -1.23. The number of hydrogen-bond donors (Lipinski definition) is 2. The number of carbonyl (C=O) groups excluding carboxylic acids is 1. The number of carboxylic acid groups (broad SMARTS) is 1. The number of hydrogen-bond acceptors (Lipinski definition) is 6. The van der Waals surface area contributed by atoms with E-state index in [4.69, 9.17) is 5.11 Å². The quantitative estimate of drug-likeness (QED) is 0.440. The van der Waals surface area contributed by atoms with E-state index in [2.05, 4.69) is 10.1 Å². The largest absolute Gasteiger partial charge is 0.479 e. The van der Waals surface area contributed by atoms with Crippen LogP contribution in [0.2, 0.25) is 0 Å². The monoisotopic (exact) mass is 314 g/mol. The highest BCUT2D eigenvalue weighted by Crippen LogP contribution is 2.24. The van der Waals surface area contributed by atoms with Crippen LogP contribution < -0.4 is 5.32 Å². The Kier molecular flexibility index (Phi) is 6.12. The topological polar surface area (TPSA) is 119 Å². The van der Waals surface area contributed by atoms with Gasteiger partial charge in [-0.3, -0.25) is 14.9 Å². The van der Waals surface area contributed by atoms with E-state index in [-0.39, 0.29) is 17.8 Å². The van der Waals surface area contributed by atoms with Crippen LogP contribution in [0.1, 0.15) is 10.4 Å². The van der Waals surface area contributed by atoms with Gasteiger partial charge in [-0.25, -0.2) is 4.79 Å². The number of nitrogens with one attached hydrogen (secondary N) is 1. The van der Waals surface area contributed by atoms with Crippen LogP contribution in [0, 0.1) is 10.1 Å². The number of methoxy groups -OCH3 is 1. The number of amides is 1. The van der Waals surface area contributed by atoms with Crippen molar-refractivity contribution in [1.82, 2.24) is 5.32 Å². The average molecular weight is 314 g/mol. The molecule has 0 saturated heterocycles. The number of nitro benzene ring substituents is 1. The molecule has 1 unspecified atom stereocenters. The summed E-state index contributed by atoms with van der Waals surface area (Å²) in [7, 11) is 1.20. The number of ether oxygens (including phenoxy) is 1. The van der Waals surface area contributed by atoms with Crippen molar-refractivity contribution < 1.29 is 24.4 Å². The predicted octanol–water partition coefficient (Wildman–Crippen LogP) is 1.15. The van der Waals surface area contributed by atoms with Gasteiger partial charge in [-0.15, -0.1) is 11.8 Å². The Balaban J connectivity index is 2.95. The molecule has 8 nitrogen and oxygen atoms in total. The number of aliphatic carboxylic acids is 1. The van der Waals surface area contributed by atoms with Crippen molar-refractivity contribution in [3.8, 4) is 0 Å². The van der Waals surface area contributed by atoms with Crippen molar-refractivity contribution in [2.75, 3.05) is 19.9 Å². The third kappa shape index (κ3) is 4.43. The van der Waals surface area contributed by atoms with Crippen LogP contribution in [0.3, 0.4) is 0 Å². The molecule has 0 radical (unpaired) electrons. The maximum Gasteiger partial charge on any atom is 0.334 e. The fraction of sp³-hybridized carbons (Fsp3) is 0.333. The van der Waals surface area contributed by atoms with Crippen molar-refractivity contribution in [2.45, 2.75) is 11.0 Å². The molecule has 0 spiro atoms. The molecule has 1 rings (SSSR count). The molecule has 1 amide bonds. The van der Waals surface area contributed by atoms with Gasteiger partial charge in [0.15, 0.2) is 6.10 Å². The van der Waals surface area contributed by atoms with Gasteiger partial charge in [0, 0.05) is 18.1 Å². The lowest BCUT2D eigenvalue weighted by Gasteiger charge is -2.12. The first-order valence-corrected chi connectivity index (χ1v) is 6.99. The number of thioether (sulfide) groups is 1. The maximum absolute atomic E-state index is 12.0. The molecule has 1 aromatic carbocycles. The zero-order chi connectivity index (χ0) is 16.0. The second kappa shape index (κ2) is 7.60. The fourth-order valence-electron chi connectivity index (χ4n) is 1.54. The molecule has 0 aliphatic rings. The standard InChI is InChI=1S/C12H14N2O6S/c1-20-10(12(16)17)6-13-11(15)8-5-7(21-2)3-4-9(8)14(18)19/h3-5,10H,6H2,1-2H3,(H,13,15)(H,16,17). The lowest BCUT2D eigenvalue weighted by atomic mass is 10.1. The molecule has 0 aromatic heterocycles. The normalized spacial score (nSPS) is 11.7. The summed E-state index contributed by atoms with van der Waals surface area (Å²) in [4.78, 5) is 33.7. The van der Waals surface area contributed by atoms with Crippen molar-refractivity contribution in [2.24, 2.45) is 0 Å². The van der Waals surface area contributed by atoms with Crippen molar-refractivity contribution in [3.63, 3.8) is 0 Å². The van der Waals surface area contributed by atoms with Crippen molar-refractivity contribution >= 4 is 29.3 Å². The fourth-order valence-corrected chi connectivity index (χ4v) is 1.98. The minimum Gasteiger partial charge on any atom is -0.479 e. The van der Waals surface area contributed by atoms with E-state index < -0.39 is 22.9 Å². The number of carbonyl (C=O) groups is 2. The third-order valence-corrected chi connectivity index (χ3v) is 3.38. The maximum atomic E-state index is 12.0. The van der Waals surface area contributed by atoms with Gasteiger partial charge >= 0.3 is 5.97 Å². The van der Waals surface area contributed by atoms with Gasteiger partial charge < -0.3 is 15.2 Å². The highest BCUT2D eigenvalue weighted by atomic mass is 32.2. The van der Waals surface area contributed by atoms with Crippen LogP contribution in [0.4, 0.5) is 5.69 Å². The van der Waals surface area contributed by atoms with Crippen molar-refractivity contribution in [3.05, 3.63) is 33.9 Å². The Labute approximate surface area is 124 Å². The predicted molar refractivity (Wildman–Crippen MR) is 75.6 cm³/mol. The van der Waals surface area contributed by atoms with Crippen LogP contribution in [0.25, 0.3) is 0 Å². The molecule has 0 saturated carbocycles. The Hall–Kier alpha value is -2.13. The van der Waals surface area contributed by atoms with E-state index in [1.54, 1.807) is 6.26 Å². The van der Waals surface area contributed by atoms with Gasteiger partial charge in [0.2, 0.25) is 0 Å². The van der Waals surface area contributed by atoms with Crippen LogP contribution in [0.5, 0.6) is 0 Å². The minimum absolute atomic E-state index is 0.118. The Morgan fingerprint density at radius 2 is 2.19 bits per heavy atom. The van der Waals surface area contributed by atoms with E-state index in [0.29, 0.717) is 4.90 Å². The first kappa shape index (κ1) is 16.9. The zero-order valence-electron chi connectivity index (χ0n) is 11.4. The van der Waals surface area contributed by atoms with E-state index in [0.717, 1.165) is 0 Å². The second-order valence-electron chi connectivity index (χ2n) is 3.91. The molecule has 0 aliphatic carbocycles. The summed E-state index contributed by atoms with van der Waals surface area (Å²) in [5.74, 6) is -1.95. The average Bonchev–Trinajstić information content (AvgIpc) is 2.46. The molecule has 1 aromatic rings. The summed E-state index contributed by atoms with van der Waals surface area (Å²) in [5.41, 5.74) is -0.457.